The Balaban J connectivity index is 0.00000420. The number of aromatic nitrogens is 1. The minimum absolute atomic E-state index is 0. The molecule has 1 saturated heterocycles. The molecule has 8 nitrogen and oxygen atoms in total. The molecule has 0 radical (unpaired) electrons. The molecular weight excluding hydrogens is 483 g/mol. The summed E-state index contributed by atoms with van der Waals surface area (Å²) in [7, 11) is 0. The molecule has 2 heterocycles. The van der Waals surface area contributed by atoms with Crippen molar-refractivity contribution in [3.8, 4) is 0 Å². The van der Waals surface area contributed by atoms with Crippen LogP contribution >= 0.6 is 24.0 Å². The molecule has 9 heteroatoms. The number of amides is 1. The predicted molar refractivity (Wildman–Crippen MR) is 126 cm³/mol. The average Bonchev–Trinajstić information content (AvgIpc) is 2.72. The van der Waals surface area contributed by atoms with Crippen LogP contribution < -0.4 is 16.0 Å². The maximum atomic E-state index is 11.9. The first-order chi connectivity index (χ1) is 13.6. The summed E-state index contributed by atoms with van der Waals surface area (Å²) in [6.45, 7) is 8.10. The summed E-state index contributed by atoms with van der Waals surface area (Å²) in [5.74, 6) is 0.822. The molecule has 164 valence electrons. The number of pyridine rings is 1. The Kier molecular flexibility index (Phi) is 12.8. The van der Waals surface area contributed by atoms with Crippen LogP contribution in [0.2, 0.25) is 0 Å². The maximum Gasteiger partial charge on any atom is 0.234 e. The smallest absolute Gasteiger partial charge is 0.234 e. The van der Waals surface area contributed by atoms with Gasteiger partial charge in [0.15, 0.2) is 5.96 Å². The molecule has 0 bridgehead atoms. The van der Waals surface area contributed by atoms with E-state index >= 15 is 0 Å². The standard InChI is InChI=1S/C20H34N6O2.HI/c1-3-9-23-19(28)15-26-12-7-17(8-13-26)25-20(22-4-2)24-14-18(27)16-5-10-21-11-6-16;/h5-6,10-11,17-18,27H,3-4,7-9,12-15H2,1-2H3,(H,23,28)(H2,22,24,25);1H. The molecule has 29 heavy (non-hydrogen) atoms. The molecule has 1 amide bonds. The third-order valence-corrected chi connectivity index (χ3v) is 4.73. The number of halogens is 1. The number of guanidine groups is 1. The van der Waals surface area contributed by atoms with Crippen molar-refractivity contribution in [2.75, 3.05) is 39.3 Å². The van der Waals surface area contributed by atoms with Crippen LogP contribution in [0.1, 0.15) is 44.8 Å². The van der Waals surface area contributed by atoms with Gasteiger partial charge >= 0.3 is 0 Å². The van der Waals surface area contributed by atoms with E-state index in [2.05, 4.69) is 37.8 Å². The van der Waals surface area contributed by atoms with Gasteiger partial charge in [-0.2, -0.15) is 0 Å². The maximum absolute atomic E-state index is 11.9. The highest BCUT2D eigenvalue weighted by Crippen LogP contribution is 2.12. The van der Waals surface area contributed by atoms with Crippen molar-refractivity contribution in [2.24, 2.45) is 4.99 Å². The lowest BCUT2D eigenvalue weighted by Gasteiger charge is -2.32. The van der Waals surface area contributed by atoms with E-state index in [0.717, 1.165) is 57.0 Å². The van der Waals surface area contributed by atoms with Gasteiger partial charge in [-0.25, -0.2) is 0 Å². The Morgan fingerprint density at radius 1 is 1.28 bits per heavy atom. The molecular formula is C20H35IN6O2. The van der Waals surface area contributed by atoms with Gasteiger partial charge in [-0.05, 0) is 43.9 Å². The Bertz CT molecular complexity index is 608. The highest BCUT2D eigenvalue weighted by molar-refractivity contribution is 14.0. The molecule has 4 N–H and O–H groups in total. The fraction of sp³-hybridized carbons (Fsp3) is 0.650. The lowest BCUT2D eigenvalue weighted by molar-refractivity contribution is -0.122. The van der Waals surface area contributed by atoms with Crippen LogP contribution in [-0.4, -0.2) is 72.2 Å². The Labute approximate surface area is 191 Å². The molecule has 2 rings (SSSR count). The van der Waals surface area contributed by atoms with Crippen LogP contribution in [0, 0.1) is 0 Å². The first kappa shape index (κ1) is 25.6. The highest BCUT2D eigenvalue weighted by atomic mass is 127. The lowest BCUT2D eigenvalue weighted by atomic mass is 10.1. The number of likely N-dealkylation sites (tertiary alicyclic amines) is 1. The van der Waals surface area contributed by atoms with Crippen molar-refractivity contribution >= 4 is 35.8 Å². The molecule has 1 aliphatic rings. The number of carbonyl (C=O) groups is 1. The van der Waals surface area contributed by atoms with Crippen LogP contribution in [0.15, 0.2) is 29.5 Å². The summed E-state index contributed by atoms with van der Waals surface area (Å²) in [5, 5.41) is 19.9. The first-order valence-corrected chi connectivity index (χ1v) is 10.2. The molecule has 1 unspecified atom stereocenters. The van der Waals surface area contributed by atoms with Crippen molar-refractivity contribution < 1.29 is 9.90 Å². The monoisotopic (exact) mass is 518 g/mol. The van der Waals surface area contributed by atoms with E-state index in [1.807, 2.05) is 6.92 Å². The van der Waals surface area contributed by atoms with Gasteiger partial charge in [0.2, 0.25) is 5.91 Å². The van der Waals surface area contributed by atoms with E-state index < -0.39 is 6.10 Å². The van der Waals surface area contributed by atoms with E-state index in [9.17, 15) is 9.90 Å². The Hall–Kier alpha value is -1.46. The van der Waals surface area contributed by atoms with Crippen molar-refractivity contribution in [1.82, 2.24) is 25.8 Å². The number of piperidine rings is 1. The second kappa shape index (κ2) is 14.5. The van der Waals surface area contributed by atoms with Crippen molar-refractivity contribution in [1.29, 1.82) is 0 Å². The molecule has 1 fully saturated rings. The van der Waals surface area contributed by atoms with Crippen molar-refractivity contribution in [2.45, 2.75) is 45.3 Å². The largest absolute Gasteiger partial charge is 0.386 e. The topological polar surface area (TPSA) is 102 Å². The second-order valence-corrected chi connectivity index (χ2v) is 7.06. The fourth-order valence-corrected chi connectivity index (χ4v) is 3.14. The van der Waals surface area contributed by atoms with Crippen LogP contribution in [0.3, 0.4) is 0 Å². The highest BCUT2D eigenvalue weighted by Gasteiger charge is 2.21. The summed E-state index contributed by atoms with van der Waals surface area (Å²) in [5.41, 5.74) is 0.809. The molecule has 0 saturated carbocycles. The van der Waals surface area contributed by atoms with Crippen molar-refractivity contribution in [3.63, 3.8) is 0 Å². The number of aliphatic imine (C=N–C) groups is 1. The van der Waals surface area contributed by atoms with Crippen LogP contribution in [0.4, 0.5) is 0 Å². The van der Waals surface area contributed by atoms with E-state index in [1.54, 1.807) is 24.5 Å². The summed E-state index contributed by atoms with van der Waals surface area (Å²) in [6.07, 6.45) is 5.56. The van der Waals surface area contributed by atoms with Gasteiger partial charge in [0.05, 0.1) is 19.2 Å². The van der Waals surface area contributed by atoms with E-state index in [0.29, 0.717) is 12.6 Å². The van der Waals surface area contributed by atoms with Crippen molar-refractivity contribution in [3.05, 3.63) is 30.1 Å². The molecule has 0 spiro atoms. The number of carbonyl (C=O) groups excluding carboxylic acids is 1. The number of hydrogen-bond acceptors (Lipinski definition) is 5. The van der Waals surface area contributed by atoms with Crippen LogP contribution in [0.25, 0.3) is 0 Å². The van der Waals surface area contributed by atoms with Gasteiger partial charge in [0, 0.05) is 44.6 Å². The summed E-state index contributed by atoms with van der Waals surface area (Å²) in [4.78, 5) is 22.5. The number of rotatable bonds is 9. The summed E-state index contributed by atoms with van der Waals surface area (Å²) in [6, 6.07) is 3.91. The molecule has 1 aromatic heterocycles. The minimum Gasteiger partial charge on any atom is -0.386 e. The quantitative estimate of drug-likeness (QED) is 0.223. The second-order valence-electron chi connectivity index (χ2n) is 7.06. The summed E-state index contributed by atoms with van der Waals surface area (Å²) >= 11 is 0. The fourth-order valence-electron chi connectivity index (χ4n) is 3.14. The summed E-state index contributed by atoms with van der Waals surface area (Å²) < 4.78 is 0. The van der Waals surface area contributed by atoms with E-state index in [1.165, 1.54) is 0 Å². The number of aliphatic hydroxyl groups is 1. The van der Waals surface area contributed by atoms with Gasteiger partial charge in [0.25, 0.3) is 0 Å². The van der Waals surface area contributed by atoms with Crippen LogP contribution in [-0.2, 0) is 4.79 Å². The number of nitrogens with one attached hydrogen (secondary N) is 3. The SMILES string of the molecule is CCCNC(=O)CN1CCC(NC(=NCC(O)c2ccncc2)NCC)CC1.I. The van der Waals surface area contributed by atoms with Gasteiger partial charge < -0.3 is 21.1 Å². The number of nitrogens with zero attached hydrogens (tertiary/aromatic N) is 3. The molecule has 0 aliphatic carbocycles. The Morgan fingerprint density at radius 2 is 1.97 bits per heavy atom. The molecule has 1 aromatic rings. The average molecular weight is 518 g/mol. The van der Waals surface area contributed by atoms with Gasteiger partial charge in [-0.3, -0.25) is 19.7 Å². The first-order valence-electron chi connectivity index (χ1n) is 10.2. The number of aliphatic hydroxyl groups excluding tert-OH is 1. The third-order valence-electron chi connectivity index (χ3n) is 4.73. The van der Waals surface area contributed by atoms with Gasteiger partial charge in [-0.15, -0.1) is 24.0 Å². The Morgan fingerprint density at radius 3 is 2.59 bits per heavy atom. The van der Waals surface area contributed by atoms with Gasteiger partial charge in [0.1, 0.15) is 0 Å². The zero-order valence-electron chi connectivity index (χ0n) is 17.4. The van der Waals surface area contributed by atoms with Crippen LogP contribution in [0.5, 0.6) is 0 Å². The number of hydrogen-bond donors (Lipinski definition) is 4. The minimum atomic E-state index is -0.651. The predicted octanol–water partition coefficient (Wildman–Crippen LogP) is 1.28. The normalized spacial score (nSPS) is 16.6. The third kappa shape index (κ3) is 9.72. The molecule has 0 aromatic carbocycles. The zero-order valence-corrected chi connectivity index (χ0v) is 19.8. The lowest BCUT2D eigenvalue weighted by Crippen LogP contribution is -2.50. The van der Waals surface area contributed by atoms with Gasteiger partial charge in [-0.1, -0.05) is 6.92 Å². The molecule has 1 atom stereocenters. The van der Waals surface area contributed by atoms with E-state index in [-0.39, 0.29) is 36.4 Å². The molecule has 1 aliphatic heterocycles. The van der Waals surface area contributed by atoms with E-state index in [4.69, 9.17) is 0 Å². The zero-order chi connectivity index (χ0) is 20.2.